The minimum absolute atomic E-state index is 0.884. The van der Waals surface area contributed by atoms with Crippen LogP contribution in [0.5, 0.6) is 0 Å². The van der Waals surface area contributed by atoms with Gasteiger partial charge >= 0.3 is 0 Å². The Bertz CT molecular complexity index is 114. The van der Waals surface area contributed by atoms with E-state index in [1.807, 2.05) is 7.05 Å². The molecule has 1 aliphatic rings. The van der Waals surface area contributed by atoms with Crippen LogP contribution in [0.2, 0.25) is 0 Å². The third kappa shape index (κ3) is 2.17. The number of hydrogen-bond donors (Lipinski definition) is 1. The zero-order valence-corrected chi connectivity index (χ0v) is 7.93. The highest BCUT2D eigenvalue weighted by Crippen LogP contribution is 2.23. The number of nitrogens with zero attached hydrogens (tertiary/aromatic N) is 1. The quantitative estimate of drug-likeness (QED) is 0.650. The lowest BCUT2D eigenvalue weighted by Crippen LogP contribution is -2.24. The summed E-state index contributed by atoms with van der Waals surface area (Å²) in [6.07, 6.45) is 1.33. The molecule has 1 rings (SSSR count). The molecule has 1 aliphatic heterocycles. The van der Waals surface area contributed by atoms with Gasteiger partial charge in [0.1, 0.15) is 0 Å². The third-order valence-electron chi connectivity index (χ3n) is 2.75. The highest BCUT2D eigenvalue weighted by atomic mass is 15.1. The van der Waals surface area contributed by atoms with E-state index in [9.17, 15) is 0 Å². The molecule has 0 aliphatic carbocycles. The van der Waals surface area contributed by atoms with Crippen molar-refractivity contribution in [1.29, 1.82) is 0 Å². The zero-order valence-electron chi connectivity index (χ0n) is 7.93. The van der Waals surface area contributed by atoms with Gasteiger partial charge in [0.15, 0.2) is 0 Å². The Morgan fingerprint density at radius 1 is 1.36 bits per heavy atom. The Labute approximate surface area is 70.0 Å². The van der Waals surface area contributed by atoms with E-state index in [0.29, 0.717) is 0 Å². The maximum absolute atomic E-state index is 3.27. The van der Waals surface area contributed by atoms with Crippen molar-refractivity contribution >= 4 is 0 Å². The van der Waals surface area contributed by atoms with Crippen molar-refractivity contribution in [3.05, 3.63) is 0 Å². The molecule has 0 radical (unpaired) electrons. The van der Waals surface area contributed by atoms with Crippen LogP contribution in [0.25, 0.3) is 0 Å². The average molecular weight is 156 g/mol. The second-order valence-electron chi connectivity index (χ2n) is 3.71. The van der Waals surface area contributed by atoms with Crippen LogP contribution >= 0.6 is 0 Å². The standard InChI is InChI=1S/C9H20N2/c1-4-8-6-11(3)7-9(8)5-10-2/h8-10H,4-7H2,1-3H3. The molecule has 11 heavy (non-hydrogen) atoms. The van der Waals surface area contributed by atoms with Gasteiger partial charge in [-0.25, -0.2) is 0 Å². The summed E-state index contributed by atoms with van der Waals surface area (Å²) in [5, 5.41) is 3.27. The van der Waals surface area contributed by atoms with Crippen LogP contribution in [0.4, 0.5) is 0 Å². The molecule has 2 unspecified atom stereocenters. The van der Waals surface area contributed by atoms with Gasteiger partial charge in [-0.2, -0.15) is 0 Å². The minimum atomic E-state index is 0.884. The highest BCUT2D eigenvalue weighted by Gasteiger charge is 2.28. The van der Waals surface area contributed by atoms with Crippen molar-refractivity contribution in [2.24, 2.45) is 11.8 Å². The Morgan fingerprint density at radius 3 is 2.55 bits per heavy atom. The van der Waals surface area contributed by atoms with Crippen molar-refractivity contribution in [2.45, 2.75) is 13.3 Å². The van der Waals surface area contributed by atoms with E-state index in [-0.39, 0.29) is 0 Å². The molecule has 0 aromatic heterocycles. The molecule has 1 N–H and O–H groups in total. The van der Waals surface area contributed by atoms with Crippen LogP contribution in [0, 0.1) is 11.8 Å². The Balaban J connectivity index is 2.37. The molecule has 1 saturated heterocycles. The summed E-state index contributed by atoms with van der Waals surface area (Å²) in [6.45, 7) is 6.05. The number of rotatable bonds is 3. The fourth-order valence-corrected chi connectivity index (χ4v) is 2.13. The summed E-state index contributed by atoms with van der Waals surface area (Å²) in [5.41, 5.74) is 0. The first-order chi connectivity index (χ1) is 5.27. The van der Waals surface area contributed by atoms with Gasteiger partial charge in [-0.1, -0.05) is 13.3 Å². The van der Waals surface area contributed by atoms with Crippen LogP contribution in [-0.2, 0) is 0 Å². The fraction of sp³-hybridized carbons (Fsp3) is 1.00. The molecule has 0 spiro atoms. The molecule has 0 bridgehead atoms. The van der Waals surface area contributed by atoms with E-state index < -0.39 is 0 Å². The average Bonchev–Trinajstić information content (AvgIpc) is 2.32. The predicted octanol–water partition coefficient (Wildman–Crippen LogP) is 0.794. The second kappa shape index (κ2) is 4.07. The van der Waals surface area contributed by atoms with Crippen molar-refractivity contribution < 1.29 is 0 Å². The summed E-state index contributed by atoms with van der Waals surface area (Å²) in [6, 6.07) is 0. The monoisotopic (exact) mass is 156 g/mol. The van der Waals surface area contributed by atoms with Gasteiger partial charge in [-0.15, -0.1) is 0 Å². The van der Waals surface area contributed by atoms with Crippen LogP contribution in [0.3, 0.4) is 0 Å². The van der Waals surface area contributed by atoms with Gasteiger partial charge in [-0.3, -0.25) is 0 Å². The van der Waals surface area contributed by atoms with Gasteiger partial charge in [0.25, 0.3) is 0 Å². The Kier molecular flexibility index (Phi) is 3.34. The van der Waals surface area contributed by atoms with Gasteiger partial charge in [-0.05, 0) is 32.5 Å². The van der Waals surface area contributed by atoms with Crippen molar-refractivity contribution in [2.75, 3.05) is 33.7 Å². The topological polar surface area (TPSA) is 15.3 Å². The maximum Gasteiger partial charge on any atom is 0.00220 e. The lowest BCUT2D eigenvalue weighted by atomic mass is 9.94. The SMILES string of the molecule is CCC1CN(C)CC1CNC. The third-order valence-corrected chi connectivity index (χ3v) is 2.75. The lowest BCUT2D eigenvalue weighted by Gasteiger charge is -2.15. The Morgan fingerprint density at radius 2 is 2.00 bits per heavy atom. The molecular weight excluding hydrogens is 136 g/mol. The van der Waals surface area contributed by atoms with E-state index in [1.54, 1.807) is 0 Å². The van der Waals surface area contributed by atoms with Crippen LogP contribution in [-0.4, -0.2) is 38.6 Å². The molecule has 0 aromatic carbocycles. The molecule has 2 heteroatoms. The van der Waals surface area contributed by atoms with Crippen molar-refractivity contribution in [1.82, 2.24) is 10.2 Å². The lowest BCUT2D eigenvalue weighted by molar-refractivity contribution is 0.391. The van der Waals surface area contributed by atoms with Gasteiger partial charge in [0.05, 0.1) is 0 Å². The summed E-state index contributed by atoms with van der Waals surface area (Å²) in [5.74, 6) is 1.81. The summed E-state index contributed by atoms with van der Waals surface area (Å²) in [4.78, 5) is 2.44. The summed E-state index contributed by atoms with van der Waals surface area (Å²) in [7, 11) is 4.27. The number of hydrogen-bond acceptors (Lipinski definition) is 2. The molecule has 2 atom stereocenters. The molecule has 66 valence electrons. The van der Waals surface area contributed by atoms with E-state index in [1.165, 1.54) is 26.1 Å². The van der Waals surface area contributed by atoms with Gasteiger partial charge in [0, 0.05) is 13.1 Å². The van der Waals surface area contributed by atoms with Crippen LogP contribution in [0.1, 0.15) is 13.3 Å². The van der Waals surface area contributed by atoms with Crippen LogP contribution < -0.4 is 5.32 Å². The molecule has 0 saturated carbocycles. The molecule has 0 amide bonds. The smallest absolute Gasteiger partial charge is 0.00220 e. The normalized spacial score (nSPS) is 33.0. The van der Waals surface area contributed by atoms with Crippen LogP contribution in [0.15, 0.2) is 0 Å². The number of likely N-dealkylation sites (tertiary alicyclic amines) is 1. The van der Waals surface area contributed by atoms with Crippen molar-refractivity contribution in [3.8, 4) is 0 Å². The summed E-state index contributed by atoms with van der Waals surface area (Å²) < 4.78 is 0. The first-order valence-corrected chi connectivity index (χ1v) is 4.61. The first-order valence-electron chi connectivity index (χ1n) is 4.61. The molecule has 1 fully saturated rings. The summed E-state index contributed by atoms with van der Waals surface area (Å²) >= 11 is 0. The maximum atomic E-state index is 3.27. The first kappa shape index (κ1) is 9.01. The molecular formula is C9H20N2. The second-order valence-corrected chi connectivity index (χ2v) is 3.71. The molecule has 1 heterocycles. The Hall–Kier alpha value is -0.0800. The van der Waals surface area contributed by atoms with E-state index in [2.05, 4.69) is 24.2 Å². The van der Waals surface area contributed by atoms with E-state index >= 15 is 0 Å². The van der Waals surface area contributed by atoms with E-state index in [0.717, 1.165) is 11.8 Å². The fourth-order valence-electron chi connectivity index (χ4n) is 2.13. The molecule has 0 aromatic rings. The zero-order chi connectivity index (χ0) is 8.27. The number of nitrogens with one attached hydrogen (secondary N) is 1. The minimum Gasteiger partial charge on any atom is -0.319 e. The highest BCUT2D eigenvalue weighted by molar-refractivity contribution is 4.82. The van der Waals surface area contributed by atoms with Crippen molar-refractivity contribution in [3.63, 3.8) is 0 Å². The van der Waals surface area contributed by atoms with E-state index in [4.69, 9.17) is 0 Å². The van der Waals surface area contributed by atoms with Gasteiger partial charge < -0.3 is 10.2 Å². The predicted molar refractivity (Wildman–Crippen MR) is 48.7 cm³/mol. The molecule has 2 nitrogen and oxygen atoms in total. The largest absolute Gasteiger partial charge is 0.319 e. The van der Waals surface area contributed by atoms with Gasteiger partial charge in [0.2, 0.25) is 0 Å².